The standard InChI is InChI=1S/C30H33N2O2/c33-30(31(28-16-8-3-9-17-28)23-26-13-6-2-7-14-26)34-29-24-32(21-18-27(29)19-22-32)20-10-15-25-11-4-1-5-12-25/h1-17,27,29H,18-24H2/q+1/t27?,29-,32?/m0/s1. The second kappa shape index (κ2) is 10.3. The van der Waals surface area contributed by atoms with E-state index < -0.39 is 0 Å². The summed E-state index contributed by atoms with van der Waals surface area (Å²) in [5.41, 5.74) is 3.19. The molecule has 0 N–H and O–H groups in total. The largest absolute Gasteiger partial charge is 0.440 e. The number of anilines is 1. The number of piperidine rings is 3. The van der Waals surface area contributed by atoms with Crippen LogP contribution in [0, 0.1) is 5.92 Å². The molecule has 3 aromatic rings. The molecule has 6 rings (SSSR count). The first-order chi connectivity index (χ1) is 16.7. The molecule has 0 unspecified atom stereocenters. The minimum atomic E-state index is -0.244. The highest BCUT2D eigenvalue weighted by Crippen LogP contribution is 2.36. The Kier molecular flexibility index (Phi) is 6.77. The van der Waals surface area contributed by atoms with E-state index in [1.807, 2.05) is 54.6 Å². The lowest BCUT2D eigenvalue weighted by Crippen LogP contribution is -2.64. The van der Waals surface area contributed by atoms with E-state index >= 15 is 0 Å². The summed E-state index contributed by atoms with van der Waals surface area (Å²) >= 11 is 0. The van der Waals surface area contributed by atoms with Gasteiger partial charge in [-0.15, -0.1) is 0 Å². The first-order valence-corrected chi connectivity index (χ1v) is 12.3. The minimum absolute atomic E-state index is 0.0258. The fourth-order valence-corrected chi connectivity index (χ4v) is 5.42. The number of rotatable bonds is 7. The highest BCUT2D eigenvalue weighted by Gasteiger charge is 2.47. The molecule has 3 fully saturated rings. The van der Waals surface area contributed by atoms with Crippen LogP contribution in [-0.2, 0) is 11.3 Å². The maximum absolute atomic E-state index is 13.5. The number of ether oxygens (including phenoxy) is 1. The van der Waals surface area contributed by atoms with Gasteiger partial charge in [0, 0.05) is 24.4 Å². The van der Waals surface area contributed by atoms with Crippen molar-refractivity contribution < 1.29 is 14.0 Å². The number of fused-ring (bicyclic) bond motifs is 3. The molecule has 0 saturated carbocycles. The third-order valence-electron chi connectivity index (χ3n) is 7.37. The molecule has 3 aliphatic heterocycles. The zero-order valence-electron chi connectivity index (χ0n) is 19.6. The Hall–Kier alpha value is -3.37. The zero-order chi connectivity index (χ0) is 23.2. The maximum atomic E-state index is 13.5. The highest BCUT2D eigenvalue weighted by molar-refractivity contribution is 5.87. The Labute approximate surface area is 202 Å². The molecule has 1 amide bonds. The van der Waals surface area contributed by atoms with Gasteiger partial charge < -0.3 is 9.22 Å². The van der Waals surface area contributed by atoms with Crippen molar-refractivity contribution >= 4 is 17.9 Å². The molecular formula is C30H33N2O2+. The van der Waals surface area contributed by atoms with Gasteiger partial charge in [0.25, 0.3) is 0 Å². The molecule has 0 spiro atoms. The molecule has 4 nitrogen and oxygen atoms in total. The number of amides is 1. The number of quaternary nitrogens is 1. The van der Waals surface area contributed by atoms with Gasteiger partial charge in [-0.2, -0.15) is 0 Å². The van der Waals surface area contributed by atoms with E-state index in [4.69, 9.17) is 4.74 Å². The van der Waals surface area contributed by atoms with Crippen molar-refractivity contribution in [2.75, 3.05) is 31.1 Å². The molecule has 3 heterocycles. The van der Waals surface area contributed by atoms with Crippen LogP contribution >= 0.6 is 0 Å². The van der Waals surface area contributed by atoms with E-state index in [9.17, 15) is 4.79 Å². The van der Waals surface area contributed by atoms with Crippen LogP contribution < -0.4 is 4.90 Å². The van der Waals surface area contributed by atoms with Crippen LogP contribution in [0.25, 0.3) is 6.08 Å². The molecule has 2 bridgehead atoms. The second-order valence-electron chi connectivity index (χ2n) is 9.63. The summed E-state index contributed by atoms with van der Waals surface area (Å²) in [5.74, 6) is 0.469. The van der Waals surface area contributed by atoms with Crippen molar-refractivity contribution in [1.29, 1.82) is 0 Å². The molecule has 34 heavy (non-hydrogen) atoms. The second-order valence-corrected chi connectivity index (χ2v) is 9.63. The van der Waals surface area contributed by atoms with Crippen LogP contribution in [0.1, 0.15) is 24.0 Å². The summed E-state index contributed by atoms with van der Waals surface area (Å²) in [4.78, 5) is 15.2. The molecule has 0 aliphatic carbocycles. The first kappa shape index (κ1) is 22.4. The Morgan fingerprint density at radius 3 is 2.18 bits per heavy atom. The van der Waals surface area contributed by atoms with E-state index in [1.165, 1.54) is 18.7 Å². The minimum Gasteiger partial charge on any atom is -0.440 e. The molecule has 3 aliphatic rings. The summed E-state index contributed by atoms with van der Waals surface area (Å²) in [6.07, 6.45) is 6.49. The predicted molar refractivity (Wildman–Crippen MR) is 137 cm³/mol. The van der Waals surface area contributed by atoms with Crippen LogP contribution in [0.4, 0.5) is 10.5 Å². The van der Waals surface area contributed by atoms with Gasteiger partial charge in [-0.25, -0.2) is 4.79 Å². The van der Waals surface area contributed by atoms with Crippen molar-refractivity contribution in [3.05, 3.63) is 108 Å². The summed E-state index contributed by atoms with van der Waals surface area (Å²) in [6, 6.07) is 30.4. The lowest BCUT2D eigenvalue weighted by atomic mass is 9.83. The van der Waals surface area contributed by atoms with E-state index in [0.29, 0.717) is 12.5 Å². The van der Waals surface area contributed by atoms with Crippen LogP contribution in [-0.4, -0.2) is 42.9 Å². The predicted octanol–water partition coefficient (Wildman–Crippen LogP) is 6.15. The van der Waals surface area contributed by atoms with E-state index in [-0.39, 0.29) is 12.2 Å². The van der Waals surface area contributed by atoms with Gasteiger partial charge in [0.2, 0.25) is 0 Å². The smallest absolute Gasteiger partial charge is 0.415 e. The highest BCUT2D eigenvalue weighted by atomic mass is 16.6. The lowest BCUT2D eigenvalue weighted by Gasteiger charge is -2.51. The number of benzene rings is 3. The molecule has 4 heteroatoms. The Morgan fingerprint density at radius 1 is 0.882 bits per heavy atom. The van der Waals surface area contributed by atoms with Crippen LogP contribution in [0.3, 0.4) is 0 Å². The van der Waals surface area contributed by atoms with Gasteiger partial charge in [0.1, 0.15) is 6.54 Å². The molecule has 0 aromatic heterocycles. The average molecular weight is 454 g/mol. The Bertz CT molecular complexity index is 1090. The number of carbonyl (C=O) groups is 1. The van der Waals surface area contributed by atoms with Crippen LogP contribution in [0.2, 0.25) is 0 Å². The molecule has 1 atom stereocenters. The molecule has 174 valence electrons. The third kappa shape index (κ3) is 5.23. The number of hydrogen-bond donors (Lipinski definition) is 0. The van der Waals surface area contributed by atoms with Crippen LogP contribution in [0.5, 0.6) is 0 Å². The van der Waals surface area contributed by atoms with Gasteiger partial charge in [-0.05, 0) is 29.3 Å². The maximum Gasteiger partial charge on any atom is 0.415 e. The number of para-hydroxylation sites is 1. The van der Waals surface area contributed by atoms with Gasteiger partial charge >= 0.3 is 6.09 Å². The van der Waals surface area contributed by atoms with Gasteiger partial charge in [0.05, 0.1) is 26.2 Å². The molecule has 0 radical (unpaired) electrons. The van der Waals surface area contributed by atoms with Gasteiger partial charge in [0.15, 0.2) is 6.10 Å². The first-order valence-electron chi connectivity index (χ1n) is 12.3. The number of carbonyl (C=O) groups excluding carboxylic acids is 1. The third-order valence-corrected chi connectivity index (χ3v) is 7.37. The summed E-state index contributed by atoms with van der Waals surface area (Å²) in [5, 5.41) is 0. The van der Waals surface area contributed by atoms with Crippen molar-refractivity contribution in [2.24, 2.45) is 5.92 Å². The Morgan fingerprint density at radius 2 is 1.50 bits per heavy atom. The SMILES string of the molecule is O=C(O[C@H]1C[N+]2(CC=Cc3ccccc3)CCC1CC2)N(Cc1ccccc1)c1ccccc1. The molecule has 3 aromatic carbocycles. The fourth-order valence-electron chi connectivity index (χ4n) is 5.42. The van der Waals surface area contributed by atoms with Crippen molar-refractivity contribution in [2.45, 2.75) is 25.5 Å². The van der Waals surface area contributed by atoms with Crippen molar-refractivity contribution in [1.82, 2.24) is 0 Å². The number of hydrogen-bond acceptors (Lipinski definition) is 2. The average Bonchev–Trinajstić information content (AvgIpc) is 2.89. The van der Waals surface area contributed by atoms with Gasteiger partial charge in [-0.3, -0.25) is 4.90 Å². The van der Waals surface area contributed by atoms with E-state index in [2.05, 4.69) is 48.6 Å². The topological polar surface area (TPSA) is 29.5 Å². The monoisotopic (exact) mass is 453 g/mol. The lowest BCUT2D eigenvalue weighted by molar-refractivity contribution is -0.941. The van der Waals surface area contributed by atoms with Gasteiger partial charge in [-0.1, -0.05) is 84.9 Å². The normalized spacial score (nSPS) is 23.6. The number of nitrogens with zero attached hydrogens (tertiary/aromatic N) is 2. The van der Waals surface area contributed by atoms with E-state index in [0.717, 1.165) is 41.7 Å². The van der Waals surface area contributed by atoms with E-state index in [1.54, 1.807) is 4.90 Å². The summed E-state index contributed by atoms with van der Waals surface area (Å²) in [6.45, 7) is 4.74. The van der Waals surface area contributed by atoms with Crippen LogP contribution in [0.15, 0.2) is 97.1 Å². The summed E-state index contributed by atoms with van der Waals surface area (Å²) in [7, 11) is 0. The van der Waals surface area contributed by atoms with Crippen molar-refractivity contribution in [3.8, 4) is 0 Å². The Balaban J connectivity index is 1.28. The molecular weight excluding hydrogens is 420 g/mol. The molecule has 3 saturated heterocycles. The summed E-state index contributed by atoms with van der Waals surface area (Å²) < 4.78 is 7.27. The van der Waals surface area contributed by atoms with Crippen molar-refractivity contribution in [3.63, 3.8) is 0 Å². The zero-order valence-corrected chi connectivity index (χ0v) is 19.6. The quantitative estimate of drug-likeness (QED) is 0.402. The fraction of sp³-hybridized carbons (Fsp3) is 0.300.